The van der Waals surface area contributed by atoms with Crippen LogP contribution in [0.25, 0.3) is 0 Å². The number of benzene rings is 1. The minimum atomic E-state index is -0.807. The summed E-state index contributed by atoms with van der Waals surface area (Å²) in [6, 6.07) is 5.35. The predicted molar refractivity (Wildman–Crippen MR) is 87.9 cm³/mol. The SMILES string of the molecule is CCCC(C)(N)C(=O)NCCc1ccc(Cl)cc1Cl.Cl. The number of carbonyl (C=O) groups is 1. The Kier molecular flexibility index (Phi) is 8.52. The highest BCUT2D eigenvalue weighted by Gasteiger charge is 2.26. The summed E-state index contributed by atoms with van der Waals surface area (Å²) in [7, 11) is 0. The van der Waals surface area contributed by atoms with Crippen LogP contribution in [0.1, 0.15) is 32.3 Å². The largest absolute Gasteiger partial charge is 0.354 e. The number of hydrogen-bond acceptors (Lipinski definition) is 2. The monoisotopic (exact) mass is 338 g/mol. The molecule has 0 aliphatic rings. The Balaban J connectivity index is 0.00000361. The van der Waals surface area contributed by atoms with Crippen molar-refractivity contribution in [2.75, 3.05) is 6.54 Å². The normalized spacial score (nSPS) is 13.2. The molecule has 0 radical (unpaired) electrons. The fraction of sp³-hybridized carbons (Fsp3) is 0.500. The van der Waals surface area contributed by atoms with E-state index in [2.05, 4.69) is 5.32 Å². The van der Waals surface area contributed by atoms with E-state index in [1.165, 1.54) is 0 Å². The molecule has 0 fully saturated rings. The maximum Gasteiger partial charge on any atom is 0.239 e. The van der Waals surface area contributed by atoms with Crippen LogP contribution in [0.5, 0.6) is 0 Å². The second kappa shape index (κ2) is 8.73. The van der Waals surface area contributed by atoms with Crippen LogP contribution in [0, 0.1) is 0 Å². The molecule has 0 aliphatic carbocycles. The molecule has 20 heavy (non-hydrogen) atoms. The van der Waals surface area contributed by atoms with Crippen LogP contribution >= 0.6 is 35.6 Å². The Morgan fingerprint density at radius 1 is 1.40 bits per heavy atom. The molecule has 1 aromatic rings. The molecule has 0 saturated heterocycles. The molecular weight excluding hydrogens is 319 g/mol. The average molecular weight is 340 g/mol. The van der Waals surface area contributed by atoms with E-state index in [1.54, 1.807) is 19.1 Å². The number of nitrogens with two attached hydrogens (primary N) is 1. The lowest BCUT2D eigenvalue weighted by atomic mass is 9.96. The van der Waals surface area contributed by atoms with Crippen LogP contribution in [0.3, 0.4) is 0 Å². The summed E-state index contributed by atoms with van der Waals surface area (Å²) in [5, 5.41) is 4.07. The molecule has 0 saturated carbocycles. The Labute approximate surface area is 136 Å². The van der Waals surface area contributed by atoms with Crippen LogP contribution in [0.4, 0.5) is 0 Å². The van der Waals surface area contributed by atoms with Crippen LogP contribution < -0.4 is 11.1 Å². The molecule has 114 valence electrons. The maximum atomic E-state index is 11.9. The van der Waals surface area contributed by atoms with Gasteiger partial charge in [-0.1, -0.05) is 42.6 Å². The van der Waals surface area contributed by atoms with Gasteiger partial charge in [-0.05, 0) is 37.5 Å². The van der Waals surface area contributed by atoms with Gasteiger partial charge < -0.3 is 11.1 Å². The van der Waals surface area contributed by atoms with E-state index in [9.17, 15) is 4.79 Å². The van der Waals surface area contributed by atoms with E-state index in [1.807, 2.05) is 13.0 Å². The quantitative estimate of drug-likeness (QED) is 0.832. The third kappa shape index (κ3) is 5.88. The summed E-state index contributed by atoms with van der Waals surface area (Å²) in [6.07, 6.45) is 2.20. The Morgan fingerprint density at radius 3 is 2.60 bits per heavy atom. The molecule has 3 nitrogen and oxygen atoms in total. The van der Waals surface area contributed by atoms with Crippen LogP contribution in [-0.4, -0.2) is 18.0 Å². The molecule has 0 spiro atoms. The summed E-state index contributed by atoms with van der Waals surface area (Å²) in [4.78, 5) is 11.9. The number of halogens is 3. The summed E-state index contributed by atoms with van der Waals surface area (Å²) in [6.45, 7) is 4.27. The molecule has 1 unspecified atom stereocenters. The summed E-state index contributed by atoms with van der Waals surface area (Å²) in [5.41, 5.74) is 6.10. The molecule has 0 aliphatic heterocycles. The van der Waals surface area contributed by atoms with Gasteiger partial charge in [0.15, 0.2) is 0 Å². The highest BCUT2D eigenvalue weighted by molar-refractivity contribution is 6.35. The van der Waals surface area contributed by atoms with Gasteiger partial charge in [-0.15, -0.1) is 12.4 Å². The first kappa shape index (κ1) is 19.5. The maximum absolute atomic E-state index is 11.9. The van der Waals surface area contributed by atoms with Crippen molar-refractivity contribution in [3.05, 3.63) is 33.8 Å². The summed E-state index contributed by atoms with van der Waals surface area (Å²) < 4.78 is 0. The van der Waals surface area contributed by atoms with Gasteiger partial charge >= 0.3 is 0 Å². The van der Waals surface area contributed by atoms with E-state index < -0.39 is 5.54 Å². The third-order valence-electron chi connectivity index (χ3n) is 2.98. The zero-order valence-corrected chi connectivity index (χ0v) is 14.0. The van der Waals surface area contributed by atoms with Crippen molar-refractivity contribution >= 4 is 41.5 Å². The van der Waals surface area contributed by atoms with E-state index in [0.717, 1.165) is 12.0 Å². The number of hydrogen-bond donors (Lipinski definition) is 2. The van der Waals surface area contributed by atoms with Gasteiger partial charge in [0.2, 0.25) is 5.91 Å². The molecule has 0 bridgehead atoms. The van der Waals surface area contributed by atoms with Crippen LogP contribution in [0.2, 0.25) is 10.0 Å². The molecule has 1 aromatic carbocycles. The lowest BCUT2D eigenvalue weighted by Gasteiger charge is -2.22. The first-order chi connectivity index (χ1) is 8.86. The first-order valence-corrected chi connectivity index (χ1v) is 7.13. The number of carbonyl (C=O) groups excluding carboxylic acids is 1. The van der Waals surface area contributed by atoms with Gasteiger partial charge in [0, 0.05) is 16.6 Å². The van der Waals surface area contributed by atoms with E-state index in [4.69, 9.17) is 28.9 Å². The zero-order chi connectivity index (χ0) is 14.5. The highest BCUT2D eigenvalue weighted by atomic mass is 35.5. The summed E-state index contributed by atoms with van der Waals surface area (Å²) >= 11 is 11.9. The average Bonchev–Trinajstić information content (AvgIpc) is 2.31. The molecule has 6 heteroatoms. The standard InChI is InChI=1S/C14H20Cl2N2O.ClH/c1-3-7-14(2,17)13(19)18-8-6-10-4-5-11(15)9-12(10)16;/h4-5,9H,3,6-8,17H2,1-2H3,(H,18,19);1H. The number of rotatable bonds is 6. The van der Waals surface area contributed by atoms with E-state index in [-0.39, 0.29) is 18.3 Å². The van der Waals surface area contributed by atoms with Gasteiger partial charge in [0.05, 0.1) is 5.54 Å². The first-order valence-electron chi connectivity index (χ1n) is 6.38. The minimum Gasteiger partial charge on any atom is -0.354 e. The zero-order valence-electron chi connectivity index (χ0n) is 11.7. The van der Waals surface area contributed by atoms with Crippen molar-refractivity contribution in [3.8, 4) is 0 Å². The molecule has 0 heterocycles. The molecular formula is C14H21Cl3N2O. The van der Waals surface area contributed by atoms with Gasteiger partial charge in [0.25, 0.3) is 0 Å². The lowest BCUT2D eigenvalue weighted by molar-refractivity contribution is -0.126. The molecule has 1 amide bonds. The second-order valence-corrected chi connectivity index (χ2v) is 5.75. The molecule has 0 aromatic heterocycles. The van der Waals surface area contributed by atoms with Gasteiger partial charge in [0.1, 0.15) is 0 Å². The Hall–Kier alpha value is -0.480. The van der Waals surface area contributed by atoms with Crippen molar-refractivity contribution in [3.63, 3.8) is 0 Å². The minimum absolute atomic E-state index is 0. The lowest BCUT2D eigenvalue weighted by Crippen LogP contribution is -2.51. The van der Waals surface area contributed by atoms with Crippen LogP contribution in [-0.2, 0) is 11.2 Å². The van der Waals surface area contributed by atoms with Crippen molar-refractivity contribution in [1.29, 1.82) is 0 Å². The second-order valence-electron chi connectivity index (χ2n) is 4.91. The molecule has 1 atom stereocenters. The third-order valence-corrected chi connectivity index (χ3v) is 3.57. The number of amides is 1. The van der Waals surface area contributed by atoms with Crippen LogP contribution in [0.15, 0.2) is 18.2 Å². The van der Waals surface area contributed by atoms with Gasteiger partial charge in [-0.25, -0.2) is 0 Å². The van der Waals surface area contributed by atoms with Crippen molar-refractivity contribution in [2.24, 2.45) is 5.73 Å². The number of nitrogens with one attached hydrogen (secondary N) is 1. The molecule has 3 N–H and O–H groups in total. The predicted octanol–water partition coefficient (Wildman–Crippen LogP) is 3.59. The molecule has 1 rings (SSSR count). The Morgan fingerprint density at radius 2 is 2.05 bits per heavy atom. The van der Waals surface area contributed by atoms with Gasteiger partial charge in [-0.2, -0.15) is 0 Å². The van der Waals surface area contributed by atoms with Crippen molar-refractivity contribution in [2.45, 2.75) is 38.6 Å². The van der Waals surface area contributed by atoms with E-state index in [0.29, 0.717) is 29.4 Å². The fourth-order valence-electron chi connectivity index (χ4n) is 1.87. The fourth-order valence-corrected chi connectivity index (χ4v) is 2.37. The van der Waals surface area contributed by atoms with Crippen molar-refractivity contribution in [1.82, 2.24) is 5.32 Å². The topological polar surface area (TPSA) is 55.1 Å². The van der Waals surface area contributed by atoms with E-state index >= 15 is 0 Å². The Bertz CT molecular complexity index is 450. The van der Waals surface area contributed by atoms with Crippen molar-refractivity contribution < 1.29 is 4.79 Å². The van der Waals surface area contributed by atoms with Gasteiger partial charge in [-0.3, -0.25) is 4.79 Å². The summed E-state index contributed by atoms with van der Waals surface area (Å²) in [5.74, 6) is -0.126. The highest BCUT2D eigenvalue weighted by Crippen LogP contribution is 2.21. The smallest absolute Gasteiger partial charge is 0.239 e.